The Morgan fingerprint density at radius 1 is 1.03 bits per heavy atom. The van der Waals surface area contributed by atoms with Gasteiger partial charge in [-0.3, -0.25) is 0 Å². The van der Waals surface area contributed by atoms with Gasteiger partial charge >= 0.3 is 5.97 Å². The number of methoxy groups -OCH3 is 1. The lowest BCUT2D eigenvalue weighted by atomic mass is 10.1. The van der Waals surface area contributed by atoms with Gasteiger partial charge in [-0.1, -0.05) is 12.1 Å². The average molecular weight is 405 g/mol. The third-order valence-electron chi connectivity index (χ3n) is 4.38. The predicted molar refractivity (Wildman–Crippen MR) is 114 cm³/mol. The van der Waals surface area contributed by atoms with Crippen molar-refractivity contribution in [2.75, 3.05) is 7.11 Å². The van der Waals surface area contributed by atoms with Crippen LogP contribution in [-0.4, -0.2) is 23.2 Å². The summed E-state index contributed by atoms with van der Waals surface area (Å²) >= 11 is 0. The van der Waals surface area contributed by atoms with E-state index in [9.17, 15) is 4.79 Å². The Hall–Kier alpha value is -3.80. The normalized spacial score (nSPS) is 10.8. The number of hydrogen-bond donors (Lipinski definition) is 1. The highest BCUT2D eigenvalue weighted by atomic mass is 16.5. The monoisotopic (exact) mass is 405 g/mol. The zero-order chi connectivity index (χ0) is 21.5. The molecule has 0 amide bonds. The van der Waals surface area contributed by atoms with Crippen LogP contribution >= 0.6 is 0 Å². The second-order valence-electron chi connectivity index (χ2n) is 6.73. The highest BCUT2D eigenvalue weighted by Gasteiger charge is 2.08. The number of pyridine rings is 1. The van der Waals surface area contributed by atoms with Gasteiger partial charge < -0.3 is 19.3 Å². The fourth-order valence-corrected chi connectivity index (χ4v) is 2.91. The van der Waals surface area contributed by atoms with Crippen LogP contribution in [0.1, 0.15) is 22.3 Å². The van der Waals surface area contributed by atoms with E-state index in [1.807, 2.05) is 50.2 Å². The van der Waals surface area contributed by atoms with Gasteiger partial charge in [0.05, 0.1) is 13.3 Å². The topological polar surface area (TPSA) is 77.9 Å². The van der Waals surface area contributed by atoms with Crippen molar-refractivity contribution in [2.24, 2.45) is 0 Å². The number of carboxylic acids is 1. The highest BCUT2D eigenvalue weighted by Crippen LogP contribution is 2.30. The maximum atomic E-state index is 10.7. The Kier molecular flexibility index (Phi) is 6.70. The molecule has 0 aliphatic heterocycles. The number of aliphatic carboxylic acids is 1. The third-order valence-corrected chi connectivity index (χ3v) is 4.38. The van der Waals surface area contributed by atoms with Crippen molar-refractivity contribution in [3.63, 3.8) is 0 Å². The molecule has 0 unspecified atom stereocenters. The Morgan fingerprint density at radius 3 is 2.27 bits per heavy atom. The summed E-state index contributed by atoms with van der Waals surface area (Å²) in [6.07, 6.45) is 4.29. The number of benzene rings is 2. The highest BCUT2D eigenvalue weighted by molar-refractivity contribution is 5.85. The summed E-state index contributed by atoms with van der Waals surface area (Å²) in [5, 5.41) is 8.77. The van der Waals surface area contributed by atoms with Gasteiger partial charge in [-0.05, 0) is 72.5 Å². The zero-order valence-electron chi connectivity index (χ0n) is 17.1. The standard InChI is InChI=1S/C24H23NO5/c1-16-12-19(6-11-23(26)27)13-17(2)24(16)30-22-10-9-21(14-25-22)29-15-18-4-7-20(28-3)8-5-18/h4-14H,15H2,1-3H3,(H,26,27)/b11-6+. The van der Waals surface area contributed by atoms with Crippen LogP contribution in [0, 0.1) is 13.8 Å². The molecule has 1 heterocycles. The number of carbonyl (C=O) groups is 1. The van der Waals surface area contributed by atoms with Crippen LogP contribution < -0.4 is 14.2 Å². The SMILES string of the molecule is COc1ccc(COc2ccc(Oc3c(C)cc(/C=C/C(=O)O)cc3C)nc2)cc1. The molecule has 0 bridgehead atoms. The first-order valence-corrected chi connectivity index (χ1v) is 9.36. The van der Waals surface area contributed by atoms with Gasteiger partial charge in [-0.2, -0.15) is 0 Å². The molecule has 0 aliphatic carbocycles. The molecular weight excluding hydrogens is 382 g/mol. The van der Waals surface area contributed by atoms with Crippen molar-refractivity contribution in [2.45, 2.75) is 20.5 Å². The lowest BCUT2D eigenvalue weighted by molar-refractivity contribution is -0.131. The quantitative estimate of drug-likeness (QED) is 0.521. The van der Waals surface area contributed by atoms with Gasteiger partial charge in [-0.15, -0.1) is 0 Å². The smallest absolute Gasteiger partial charge is 0.328 e. The molecule has 2 aromatic carbocycles. The number of hydrogen-bond acceptors (Lipinski definition) is 5. The Balaban J connectivity index is 1.64. The van der Waals surface area contributed by atoms with Crippen molar-refractivity contribution in [1.82, 2.24) is 4.98 Å². The summed E-state index contributed by atoms with van der Waals surface area (Å²) in [5.41, 5.74) is 3.61. The molecule has 0 atom stereocenters. The Labute approximate surface area is 175 Å². The van der Waals surface area contributed by atoms with Gasteiger partial charge in [0.2, 0.25) is 5.88 Å². The van der Waals surface area contributed by atoms with Crippen molar-refractivity contribution in [3.8, 4) is 23.1 Å². The molecule has 0 radical (unpaired) electrons. The fourth-order valence-electron chi connectivity index (χ4n) is 2.91. The first-order chi connectivity index (χ1) is 14.4. The number of carboxylic acid groups (broad SMARTS) is 1. The van der Waals surface area contributed by atoms with Crippen molar-refractivity contribution in [1.29, 1.82) is 0 Å². The minimum Gasteiger partial charge on any atom is -0.497 e. The molecule has 0 spiro atoms. The lowest BCUT2D eigenvalue weighted by Crippen LogP contribution is -1.97. The van der Waals surface area contributed by atoms with Crippen molar-refractivity contribution in [3.05, 3.63) is 83.1 Å². The van der Waals surface area contributed by atoms with Crippen molar-refractivity contribution >= 4 is 12.0 Å². The molecule has 3 aromatic rings. The molecule has 6 nitrogen and oxygen atoms in total. The summed E-state index contributed by atoms with van der Waals surface area (Å²) in [6, 6.07) is 15.0. The van der Waals surface area contributed by atoms with Crippen molar-refractivity contribution < 1.29 is 24.1 Å². The van der Waals surface area contributed by atoms with Crippen LogP contribution in [0.4, 0.5) is 0 Å². The van der Waals surface area contributed by atoms with E-state index in [0.717, 1.165) is 34.1 Å². The van der Waals surface area contributed by atoms with Gasteiger partial charge in [0, 0.05) is 12.1 Å². The van der Waals surface area contributed by atoms with E-state index >= 15 is 0 Å². The van der Waals surface area contributed by atoms with Crippen LogP contribution in [0.15, 0.2) is 60.8 Å². The average Bonchev–Trinajstić information content (AvgIpc) is 2.74. The summed E-state index contributed by atoms with van der Waals surface area (Å²) in [6.45, 7) is 4.25. The molecule has 6 heteroatoms. The molecule has 1 aromatic heterocycles. The first kappa shape index (κ1) is 20.9. The van der Waals surface area contributed by atoms with Crippen LogP contribution in [0.2, 0.25) is 0 Å². The molecule has 0 aliphatic rings. The molecule has 3 rings (SSSR count). The van der Waals surface area contributed by atoms with Crippen LogP contribution in [0.5, 0.6) is 23.1 Å². The summed E-state index contributed by atoms with van der Waals surface area (Å²) in [5.74, 6) is 1.61. The lowest BCUT2D eigenvalue weighted by Gasteiger charge is -2.13. The second kappa shape index (κ2) is 9.60. The van der Waals surface area contributed by atoms with Gasteiger partial charge in [0.15, 0.2) is 0 Å². The molecule has 154 valence electrons. The molecular formula is C24H23NO5. The maximum Gasteiger partial charge on any atom is 0.328 e. The summed E-state index contributed by atoms with van der Waals surface area (Å²) in [4.78, 5) is 15.0. The predicted octanol–water partition coefficient (Wildman–Crippen LogP) is 5.18. The maximum absolute atomic E-state index is 10.7. The zero-order valence-corrected chi connectivity index (χ0v) is 17.1. The minimum absolute atomic E-state index is 0.426. The van der Waals surface area contributed by atoms with Crippen LogP contribution in [0.3, 0.4) is 0 Å². The fraction of sp³-hybridized carbons (Fsp3) is 0.167. The Bertz CT molecular complexity index is 1020. The molecule has 0 saturated heterocycles. The summed E-state index contributed by atoms with van der Waals surface area (Å²) in [7, 11) is 1.63. The van der Waals surface area contributed by atoms with E-state index in [4.69, 9.17) is 19.3 Å². The molecule has 1 N–H and O–H groups in total. The number of aromatic nitrogens is 1. The van der Waals surface area contributed by atoms with E-state index in [2.05, 4.69) is 4.98 Å². The summed E-state index contributed by atoms with van der Waals surface area (Å²) < 4.78 is 16.9. The number of rotatable bonds is 8. The number of ether oxygens (including phenoxy) is 3. The third kappa shape index (κ3) is 5.61. The molecule has 0 fully saturated rings. The van der Waals surface area contributed by atoms with Crippen LogP contribution in [-0.2, 0) is 11.4 Å². The number of aryl methyl sites for hydroxylation is 2. The van der Waals surface area contributed by atoms with Gasteiger partial charge in [0.25, 0.3) is 0 Å². The largest absolute Gasteiger partial charge is 0.497 e. The minimum atomic E-state index is -0.982. The van der Waals surface area contributed by atoms with Gasteiger partial charge in [-0.25, -0.2) is 9.78 Å². The van der Waals surface area contributed by atoms with E-state index in [1.165, 1.54) is 0 Å². The Morgan fingerprint density at radius 2 is 1.70 bits per heavy atom. The van der Waals surface area contributed by atoms with E-state index in [0.29, 0.717) is 24.0 Å². The first-order valence-electron chi connectivity index (χ1n) is 9.36. The van der Waals surface area contributed by atoms with Crippen LogP contribution in [0.25, 0.3) is 6.08 Å². The van der Waals surface area contributed by atoms with E-state index < -0.39 is 5.97 Å². The second-order valence-corrected chi connectivity index (χ2v) is 6.73. The molecule has 0 saturated carbocycles. The van der Waals surface area contributed by atoms with Gasteiger partial charge in [0.1, 0.15) is 23.9 Å². The van der Waals surface area contributed by atoms with E-state index in [1.54, 1.807) is 31.5 Å². The molecule has 30 heavy (non-hydrogen) atoms. The number of nitrogens with zero attached hydrogens (tertiary/aromatic N) is 1. The van der Waals surface area contributed by atoms with E-state index in [-0.39, 0.29) is 0 Å².